The van der Waals surface area contributed by atoms with Gasteiger partial charge < -0.3 is 10.6 Å². The lowest BCUT2D eigenvalue weighted by molar-refractivity contribution is -0.114. The van der Waals surface area contributed by atoms with Crippen LogP contribution in [0.4, 0.5) is 15.9 Å². The van der Waals surface area contributed by atoms with Gasteiger partial charge >= 0.3 is 5.69 Å². The van der Waals surface area contributed by atoms with Gasteiger partial charge in [-0.1, -0.05) is 55.8 Å². The van der Waals surface area contributed by atoms with E-state index < -0.39 is 23.0 Å². The van der Waals surface area contributed by atoms with Crippen LogP contribution in [0.25, 0.3) is 6.08 Å². The van der Waals surface area contributed by atoms with Crippen LogP contribution >= 0.6 is 0 Å². The zero-order valence-electron chi connectivity index (χ0n) is 17.8. The zero-order chi connectivity index (χ0) is 23.1. The van der Waals surface area contributed by atoms with E-state index in [1.807, 2.05) is 37.3 Å². The molecule has 0 unspecified atom stereocenters. The van der Waals surface area contributed by atoms with E-state index in [0.29, 0.717) is 12.0 Å². The van der Waals surface area contributed by atoms with Crippen molar-refractivity contribution < 1.29 is 9.18 Å². The van der Waals surface area contributed by atoms with Crippen LogP contribution in [-0.2, 0) is 11.3 Å². The molecule has 0 atom stereocenters. The smallest absolute Gasteiger partial charge is 0.330 e. The molecular weight excluding hydrogens is 411 g/mol. The van der Waals surface area contributed by atoms with Crippen LogP contribution in [0.15, 0.2) is 70.3 Å². The summed E-state index contributed by atoms with van der Waals surface area (Å²) in [6.07, 6.45) is 4.12. The lowest BCUT2D eigenvalue weighted by atomic mass is 10.2. The molecule has 3 aromatic rings. The van der Waals surface area contributed by atoms with Gasteiger partial charge in [0.05, 0.1) is 6.54 Å². The van der Waals surface area contributed by atoms with Crippen LogP contribution in [0.2, 0.25) is 0 Å². The third kappa shape index (κ3) is 5.40. The van der Waals surface area contributed by atoms with E-state index in [1.54, 1.807) is 6.07 Å². The Morgan fingerprint density at radius 1 is 1.16 bits per heavy atom. The number of nitrogens with two attached hydrogens (primary N) is 1. The number of amides is 1. The Morgan fingerprint density at radius 3 is 2.59 bits per heavy atom. The number of anilines is 2. The van der Waals surface area contributed by atoms with Crippen molar-refractivity contribution in [2.45, 2.75) is 26.3 Å². The van der Waals surface area contributed by atoms with Gasteiger partial charge in [0.15, 0.2) is 5.69 Å². The Morgan fingerprint density at radius 2 is 1.91 bits per heavy atom. The molecule has 32 heavy (non-hydrogen) atoms. The third-order valence-corrected chi connectivity index (χ3v) is 4.94. The fraction of sp³-hybridized carbons (Fsp3) is 0.208. The number of carbonyl (C=O) groups excluding carboxylic acids is 1. The number of nitrogens with zero attached hydrogens (tertiary/aromatic N) is 2. The van der Waals surface area contributed by atoms with Crippen molar-refractivity contribution in [3.63, 3.8) is 0 Å². The van der Waals surface area contributed by atoms with Gasteiger partial charge in [0, 0.05) is 12.6 Å². The number of benzene rings is 2. The second-order valence-electron chi connectivity index (χ2n) is 7.30. The van der Waals surface area contributed by atoms with Crippen LogP contribution in [0, 0.1) is 5.82 Å². The lowest BCUT2D eigenvalue weighted by Crippen LogP contribution is -2.41. The van der Waals surface area contributed by atoms with E-state index in [2.05, 4.69) is 4.98 Å². The van der Waals surface area contributed by atoms with Gasteiger partial charge in [0.2, 0.25) is 0 Å². The van der Waals surface area contributed by atoms with Crippen molar-refractivity contribution in [1.82, 2.24) is 9.55 Å². The van der Waals surface area contributed by atoms with Gasteiger partial charge in [0.25, 0.3) is 11.5 Å². The van der Waals surface area contributed by atoms with Crippen molar-refractivity contribution in [3.8, 4) is 0 Å². The largest absolute Gasteiger partial charge is 0.383 e. The van der Waals surface area contributed by atoms with E-state index in [0.717, 1.165) is 12.0 Å². The van der Waals surface area contributed by atoms with Gasteiger partial charge in [0.1, 0.15) is 11.6 Å². The van der Waals surface area contributed by atoms with Gasteiger partial charge in [-0.15, -0.1) is 0 Å². The second-order valence-corrected chi connectivity index (χ2v) is 7.30. The molecule has 1 amide bonds. The standard InChI is InChI=1S/C24H25FN4O3/c1-2-3-14-28(20(30)13-12-17-10-7-11-19(25)15-17)21-22(26)29(24(32)27-23(21)31)16-18-8-5-4-6-9-18/h4-13,15H,2-3,14,16,26H2,1H3,(H,27,31,32)/b13-12+. The Bertz CT molecular complexity index is 1230. The molecule has 1 aromatic heterocycles. The van der Waals surface area contributed by atoms with Crippen molar-refractivity contribution in [2.75, 3.05) is 17.2 Å². The molecule has 166 valence electrons. The first kappa shape index (κ1) is 22.7. The van der Waals surface area contributed by atoms with Crippen LogP contribution < -0.4 is 21.9 Å². The van der Waals surface area contributed by atoms with E-state index >= 15 is 0 Å². The monoisotopic (exact) mass is 436 g/mol. The number of unbranched alkanes of at least 4 members (excludes halogenated alkanes) is 1. The van der Waals surface area contributed by atoms with Gasteiger partial charge in [-0.05, 0) is 35.8 Å². The molecule has 8 heteroatoms. The van der Waals surface area contributed by atoms with E-state index in [1.165, 1.54) is 39.8 Å². The third-order valence-electron chi connectivity index (χ3n) is 4.94. The van der Waals surface area contributed by atoms with E-state index in [4.69, 9.17) is 5.73 Å². The highest BCUT2D eigenvalue weighted by Gasteiger charge is 2.22. The molecule has 2 aromatic carbocycles. The average molecular weight is 436 g/mol. The van der Waals surface area contributed by atoms with Crippen LogP contribution in [-0.4, -0.2) is 22.0 Å². The van der Waals surface area contributed by atoms with Crippen LogP contribution in [0.1, 0.15) is 30.9 Å². The maximum absolute atomic E-state index is 13.4. The summed E-state index contributed by atoms with van der Waals surface area (Å²) >= 11 is 0. The highest BCUT2D eigenvalue weighted by molar-refractivity contribution is 6.05. The fourth-order valence-corrected chi connectivity index (χ4v) is 3.28. The van der Waals surface area contributed by atoms with Crippen molar-refractivity contribution in [2.24, 2.45) is 0 Å². The molecule has 7 nitrogen and oxygen atoms in total. The number of H-pyrrole nitrogens is 1. The second kappa shape index (κ2) is 10.4. The van der Waals surface area contributed by atoms with E-state index in [9.17, 15) is 18.8 Å². The summed E-state index contributed by atoms with van der Waals surface area (Å²) in [7, 11) is 0. The minimum absolute atomic E-state index is 0.0807. The molecule has 0 saturated carbocycles. The number of nitrogens with one attached hydrogen (secondary N) is 1. The molecule has 0 aliphatic rings. The summed E-state index contributed by atoms with van der Waals surface area (Å²) in [5.41, 5.74) is 6.10. The maximum Gasteiger partial charge on any atom is 0.330 e. The first-order chi connectivity index (χ1) is 15.4. The summed E-state index contributed by atoms with van der Waals surface area (Å²) in [6.45, 7) is 2.33. The SMILES string of the molecule is CCCCN(C(=O)/C=C/c1cccc(F)c1)c1c(N)n(Cc2ccccc2)c(=O)[nH]c1=O. The first-order valence-corrected chi connectivity index (χ1v) is 10.3. The minimum atomic E-state index is -0.736. The fourth-order valence-electron chi connectivity index (χ4n) is 3.28. The number of carbonyl (C=O) groups is 1. The quantitative estimate of drug-likeness (QED) is 0.530. The van der Waals surface area contributed by atoms with Crippen LogP contribution in [0.3, 0.4) is 0 Å². The Balaban J connectivity index is 2.01. The molecule has 3 N–H and O–H groups in total. The van der Waals surface area contributed by atoms with Crippen LogP contribution in [0.5, 0.6) is 0 Å². The topological polar surface area (TPSA) is 101 Å². The molecule has 0 spiro atoms. The Kier molecular flexibility index (Phi) is 7.38. The molecule has 0 fully saturated rings. The number of aromatic amines is 1. The number of hydrogen-bond acceptors (Lipinski definition) is 4. The highest BCUT2D eigenvalue weighted by atomic mass is 19.1. The number of nitrogen functional groups attached to an aromatic ring is 1. The summed E-state index contributed by atoms with van der Waals surface area (Å²) in [6, 6.07) is 15.0. The highest BCUT2D eigenvalue weighted by Crippen LogP contribution is 2.19. The summed E-state index contributed by atoms with van der Waals surface area (Å²) in [4.78, 5) is 41.7. The molecule has 0 aliphatic heterocycles. The molecule has 1 heterocycles. The number of rotatable bonds is 8. The summed E-state index contributed by atoms with van der Waals surface area (Å²) in [5, 5.41) is 0. The Labute approximate surface area is 184 Å². The molecule has 0 aliphatic carbocycles. The zero-order valence-corrected chi connectivity index (χ0v) is 17.8. The van der Waals surface area contributed by atoms with E-state index in [-0.39, 0.29) is 24.6 Å². The lowest BCUT2D eigenvalue weighted by Gasteiger charge is -2.23. The number of aromatic nitrogens is 2. The minimum Gasteiger partial charge on any atom is -0.383 e. The molecule has 0 saturated heterocycles. The molecular formula is C24H25FN4O3. The number of halogens is 1. The van der Waals surface area contributed by atoms with Crippen molar-refractivity contribution >= 4 is 23.5 Å². The van der Waals surface area contributed by atoms with Gasteiger partial charge in [-0.2, -0.15) is 0 Å². The predicted molar refractivity (Wildman–Crippen MR) is 124 cm³/mol. The molecule has 0 radical (unpaired) electrons. The van der Waals surface area contributed by atoms with Crippen molar-refractivity contribution in [3.05, 3.63) is 98.5 Å². The number of hydrogen-bond donors (Lipinski definition) is 2. The summed E-state index contributed by atoms with van der Waals surface area (Å²) < 4.78 is 14.7. The Hall–Kier alpha value is -3.94. The maximum atomic E-state index is 13.4. The first-order valence-electron chi connectivity index (χ1n) is 10.3. The van der Waals surface area contributed by atoms with Gasteiger partial charge in [-0.3, -0.25) is 19.1 Å². The normalized spacial score (nSPS) is 11.1. The predicted octanol–water partition coefficient (Wildman–Crippen LogP) is 3.15. The molecule has 3 rings (SSSR count). The average Bonchev–Trinajstić information content (AvgIpc) is 2.78. The van der Waals surface area contributed by atoms with Gasteiger partial charge in [-0.25, -0.2) is 9.18 Å². The summed E-state index contributed by atoms with van der Waals surface area (Å²) in [5.74, 6) is -1.01. The molecule has 0 bridgehead atoms. The van der Waals surface area contributed by atoms with Crippen molar-refractivity contribution in [1.29, 1.82) is 0 Å².